The molecular formula is C12H11ClN2S. The predicted octanol–water partition coefficient (Wildman–Crippen LogP) is 2.84. The number of aromatic nitrogens is 1. The Labute approximate surface area is 103 Å². The van der Waals surface area contributed by atoms with Gasteiger partial charge in [0.2, 0.25) is 0 Å². The van der Waals surface area contributed by atoms with E-state index in [1.807, 2.05) is 13.1 Å². The van der Waals surface area contributed by atoms with Gasteiger partial charge in [0.05, 0.1) is 5.69 Å². The molecule has 1 aliphatic rings. The van der Waals surface area contributed by atoms with Crippen LogP contribution in [0.1, 0.15) is 10.4 Å². The van der Waals surface area contributed by atoms with Crippen molar-refractivity contribution in [3.05, 3.63) is 38.5 Å². The molecule has 0 atom stereocenters. The first-order chi connectivity index (χ1) is 7.70. The molecule has 4 heteroatoms. The van der Waals surface area contributed by atoms with Crippen LogP contribution in [0.4, 0.5) is 0 Å². The smallest absolute Gasteiger partial charge is 0.184 e. The van der Waals surface area contributed by atoms with Gasteiger partial charge in [0.1, 0.15) is 0 Å². The third-order valence-corrected chi connectivity index (χ3v) is 4.42. The molecule has 0 aliphatic heterocycles. The first-order valence-electron chi connectivity index (χ1n) is 5.11. The molecule has 16 heavy (non-hydrogen) atoms. The quantitative estimate of drug-likeness (QED) is 0.584. The van der Waals surface area contributed by atoms with Crippen molar-refractivity contribution in [3.63, 3.8) is 0 Å². The van der Waals surface area contributed by atoms with Crippen LogP contribution in [-0.4, -0.2) is 11.6 Å². The molecule has 0 bridgehead atoms. The number of hydrogen-bond donors (Lipinski definition) is 0. The fraction of sp³-hybridized carbons (Fsp3) is 0.250. The topological polar surface area (TPSA) is 17.3 Å². The fourth-order valence-electron chi connectivity index (χ4n) is 2.27. The normalized spacial score (nSPS) is 14.1. The van der Waals surface area contributed by atoms with Gasteiger partial charge in [-0.3, -0.25) is 4.99 Å². The second kappa shape index (κ2) is 3.47. The summed E-state index contributed by atoms with van der Waals surface area (Å²) in [5.74, 6) is 0. The van der Waals surface area contributed by atoms with E-state index in [1.54, 1.807) is 11.3 Å². The van der Waals surface area contributed by atoms with Crippen molar-refractivity contribution in [3.8, 4) is 11.3 Å². The third kappa shape index (κ3) is 1.28. The molecule has 0 N–H and O–H groups in total. The van der Waals surface area contributed by atoms with Gasteiger partial charge in [-0.25, -0.2) is 0 Å². The van der Waals surface area contributed by atoms with Crippen LogP contribution in [0.2, 0.25) is 5.02 Å². The van der Waals surface area contributed by atoms with Gasteiger partial charge < -0.3 is 4.57 Å². The highest BCUT2D eigenvalue weighted by Gasteiger charge is 2.23. The maximum absolute atomic E-state index is 6.01. The molecule has 0 amide bonds. The molecule has 0 spiro atoms. The Morgan fingerprint density at radius 2 is 2.25 bits per heavy atom. The lowest BCUT2D eigenvalue weighted by atomic mass is 10.1. The summed E-state index contributed by atoms with van der Waals surface area (Å²) in [5.41, 5.74) is 3.93. The van der Waals surface area contributed by atoms with Crippen LogP contribution in [0.25, 0.3) is 11.3 Å². The standard InChI is InChI=1S/C12H11ClN2S/c1-14-12-15(2)11-9-4-3-8(13)5-7(9)6-10(11)16-12/h3-5H,6H2,1-2H3. The summed E-state index contributed by atoms with van der Waals surface area (Å²) in [6.07, 6.45) is 0.985. The van der Waals surface area contributed by atoms with Crippen molar-refractivity contribution in [2.24, 2.45) is 12.0 Å². The lowest BCUT2D eigenvalue weighted by molar-refractivity contribution is 0.876. The lowest BCUT2D eigenvalue weighted by Gasteiger charge is -2.03. The molecule has 82 valence electrons. The molecule has 0 saturated heterocycles. The minimum absolute atomic E-state index is 0.817. The van der Waals surface area contributed by atoms with Gasteiger partial charge in [-0.15, -0.1) is 11.3 Å². The number of fused-ring (bicyclic) bond motifs is 3. The molecule has 0 radical (unpaired) electrons. The summed E-state index contributed by atoms with van der Waals surface area (Å²) in [4.78, 5) is 6.74. The van der Waals surface area contributed by atoms with E-state index in [-0.39, 0.29) is 0 Å². The van der Waals surface area contributed by atoms with E-state index in [4.69, 9.17) is 11.6 Å². The molecule has 1 heterocycles. The van der Waals surface area contributed by atoms with Crippen LogP contribution in [0.15, 0.2) is 23.2 Å². The SMILES string of the molecule is CN=c1sc2c(n1C)-c1ccc(Cl)cc1C2. The Bertz CT molecular complexity index is 637. The zero-order valence-electron chi connectivity index (χ0n) is 9.12. The molecule has 0 saturated carbocycles. The molecule has 1 aromatic carbocycles. The van der Waals surface area contributed by atoms with Crippen LogP contribution in [0.3, 0.4) is 0 Å². The first-order valence-corrected chi connectivity index (χ1v) is 6.30. The Balaban J connectivity index is 2.32. The zero-order chi connectivity index (χ0) is 11.3. The van der Waals surface area contributed by atoms with Crippen molar-refractivity contribution in [2.45, 2.75) is 6.42 Å². The molecular weight excluding hydrogens is 240 g/mol. The maximum Gasteiger partial charge on any atom is 0.184 e. The summed E-state index contributed by atoms with van der Waals surface area (Å²) >= 11 is 7.77. The zero-order valence-corrected chi connectivity index (χ0v) is 10.7. The second-order valence-electron chi connectivity index (χ2n) is 3.92. The molecule has 1 aromatic heterocycles. The lowest BCUT2D eigenvalue weighted by Crippen LogP contribution is -2.10. The van der Waals surface area contributed by atoms with Gasteiger partial charge in [0.15, 0.2) is 4.80 Å². The Morgan fingerprint density at radius 3 is 3.00 bits per heavy atom. The van der Waals surface area contributed by atoms with Gasteiger partial charge in [0, 0.05) is 36.0 Å². The summed E-state index contributed by atoms with van der Waals surface area (Å²) in [6.45, 7) is 0. The number of hydrogen-bond acceptors (Lipinski definition) is 2. The van der Waals surface area contributed by atoms with Gasteiger partial charge in [-0.2, -0.15) is 0 Å². The highest BCUT2D eigenvalue weighted by Crippen LogP contribution is 2.38. The van der Waals surface area contributed by atoms with Crippen molar-refractivity contribution >= 4 is 22.9 Å². The van der Waals surface area contributed by atoms with Gasteiger partial charge in [-0.1, -0.05) is 17.7 Å². The van der Waals surface area contributed by atoms with E-state index in [0.717, 1.165) is 16.2 Å². The van der Waals surface area contributed by atoms with E-state index in [0.29, 0.717) is 0 Å². The Morgan fingerprint density at radius 1 is 1.44 bits per heavy atom. The minimum atomic E-state index is 0.817. The van der Waals surface area contributed by atoms with Gasteiger partial charge in [0.25, 0.3) is 0 Å². The largest absolute Gasteiger partial charge is 0.320 e. The van der Waals surface area contributed by atoms with Crippen LogP contribution in [0.5, 0.6) is 0 Å². The van der Waals surface area contributed by atoms with Crippen LogP contribution in [0, 0.1) is 0 Å². The van der Waals surface area contributed by atoms with E-state index in [2.05, 4.69) is 28.7 Å². The monoisotopic (exact) mass is 250 g/mol. The van der Waals surface area contributed by atoms with Gasteiger partial charge in [-0.05, 0) is 17.7 Å². The number of rotatable bonds is 0. The Kier molecular flexibility index (Phi) is 2.19. The van der Waals surface area contributed by atoms with E-state index in [1.165, 1.54) is 21.7 Å². The number of halogens is 1. The average Bonchev–Trinajstić information content (AvgIpc) is 2.75. The molecule has 2 aromatic rings. The predicted molar refractivity (Wildman–Crippen MR) is 68.0 cm³/mol. The van der Waals surface area contributed by atoms with E-state index >= 15 is 0 Å². The second-order valence-corrected chi connectivity index (χ2v) is 5.42. The van der Waals surface area contributed by atoms with Crippen molar-refractivity contribution in [1.82, 2.24) is 4.57 Å². The van der Waals surface area contributed by atoms with E-state index in [9.17, 15) is 0 Å². The van der Waals surface area contributed by atoms with Crippen LogP contribution in [-0.2, 0) is 13.5 Å². The van der Waals surface area contributed by atoms with Crippen molar-refractivity contribution < 1.29 is 0 Å². The highest BCUT2D eigenvalue weighted by atomic mass is 35.5. The molecule has 0 fully saturated rings. The average molecular weight is 251 g/mol. The maximum atomic E-state index is 6.01. The molecule has 1 aliphatic carbocycles. The summed E-state index contributed by atoms with van der Waals surface area (Å²) in [6, 6.07) is 6.12. The third-order valence-electron chi connectivity index (χ3n) is 2.97. The highest BCUT2D eigenvalue weighted by molar-refractivity contribution is 7.09. The molecule has 2 nitrogen and oxygen atoms in total. The van der Waals surface area contributed by atoms with Gasteiger partial charge >= 0.3 is 0 Å². The molecule has 0 unspecified atom stereocenters. The number of nitrogens with zero attached hydrogens (tertiary/aromatic N) is 2. The number of thiazole rings is 1. The summed E-state index contributed by atoms with van der Waals surface area (Å²) in [5, 5.41) is 0.817. The summed E-state index contributed by atoms with van der Waals surface area (Å²) in [7, 11) is 3.91. The number of benzene rings is 1. The Hall–Kier alpha value is -1.06. The molecule has 3 rings (SSSR count). The van der Waals surface area contributed by atoms with E-state index < -0.39 is 0 Å². The fourth-order valence-corrected chi connectivity index (χ4v) is 3.57. The summed E-state index contributed by atoms with van der Waals surface area (Å²) < 4.78 is 2.17. The van der Waals surface area contributed by atoms with Crippen LogP contribution >= 0.6 is 22.9 Å². The first kappa shape index (κ1) is 10.1. The van der Waals surface area contributed by atoms with Crippen molar-refractivity contribution in [2.75, 3.05) is 7.05 Å². The van der Waals surface area contributed by atoms with Crippen molar-refractivity contribution in [1.29, 1.82) is 0 Å². The van der Waals surface area contributed by atoms with Crippen LogP contribution < -0.4 is 4.80 Å². The minimum Gasteiger partial charge on any atom is -0.320 e.